The van der Waals surface area contributed by atoms with Gasteiger partial charge in [0.1, 0.15) is 0 Å². The SMILES string of the molecule is COCCO[C@H]1CN(C)CC[C@@H]1N. The Morgan fingerprint density at radius 1 is 1.46 bits per heavy atom. The fourth-order valence-corrected chi connectivity index (χ4v) is 1.55. The molecule has 0 aromatic rings. The fraction of sp³-hybridized carbons (Fsp3) is 1.00. The van der Waals surface area contributed by atoms with Gasteiger partial charge >= 0.3 is 0 Å². The van der Waals surface area contributed by atoms with Crippen molar-refractivity contribution in [3.8, 4) is 0 Å². The minimum atomic E-state index is 0.175. The lowest BCUT2D eigenvalue weighted by molar-refractivity contribution is -0.0260. The molecule has 1 fully saturated rings. The highest BCUT2D eigenvalue weighted by atomic mass is 16.5. The van der Waals surface area contributed by atoms with Crippen LogP contribution in [0.3, 0.4) is 0 Å². The molecule has 4 heteroatoms. The normalized spacial score (nSPS) is 30.7. The van der Waals surface area contributed by atoms with Gasteiger partial charge in [0.15, 0.2) is 0 Å². The molecule has 0 aliphatic carbocycles. The third-order valence-corrected chi connectivity index (χ3v) is 2.43. The van der Waals surface area contributed by atoms with Crippen molar-refractivity contribution in [3.05, 3.63) is 0 Å². The summed E-state index contributed by atoms with van der Waals surface area (Å²) in [4.78, 5) is 2.25. The number of ether oxygens (including phenoxy) is 2. The maximum Gasteiger partial charge on any atom is 0.0854 e. The first-order chi connectivity index (χ1) is 6.24. The summed E-state index contributed by atoms with van der Waals surface area (Å²) in [5.74, 6) is 0. The number of likely N-dealkylation sites (tertiary alicyclic amines) is 1. The lowest BCUT2D eigenvalue weighted by Gasteiger charge is -2.34. The van der Waals surface area contributed by atoms with Crippen LogP contribution in [0, 0.1) is 0 Å². The Labute approximate surface area is 80.0 Å². The third kappa shape index (κ3) is 3.60. The van der Waals surface area contributed by atoms with Gasteiger partial charge in [-0.2, -0.15) is 0 Å². The van der Waals surface area contributed by atoms with Gasteiger partial charge in [0, 0.05) is 19.7 Å². The molecule has 0 radical (unpaired) electrons. The summed E-state index contributed by atoms with van der Waals surface area (Å²) < 4.78 is 10.5. The Kier molecular flexibility index (Phi) is 4.66. The van der Waals surface area contributed by atoms with Crippen LogP contribution < -0.4 is 5.73 Å². The van der Waals surface area contributed by atoms with Gasteiger partial charge in [-0.15, -0.1) is 0 Å². The zero-order valence-electron chi connectivity index (χ0n) is 8.53. The second kappa shape index (κ2) is 5.54. The zero-order valence-corrected chi connectivity index (χ0v) is 8.53. The third-order valence-electron chi connectivity index (χ3n) is 2.43. The second-order valence-corrected chi connectivity index (χ2v) is 3.62. The van der Waals surface area contributed by atoms with Gasteiger partial charge in [-0.1, -0.05) is 0 Å². The van der Waals surface area contributed by atoms with Crippen LogP contribution in [-0.2, 0) is 9.47 Å². The number of nitrogens with two attached hydrogens (primary N) is 1. The molecule has 1 heterocycles. The molecule has 0 aromatic heterocycles. The van der Waals surface area contributed by atoms with Crippen LogP contribution in [-0.4, -0.2) is 57.5 Å². The number of hydrogen-bond donors (Lipinski definition) is 1. The summed E-state index contributed by atoms with van der Waals surface area (Å²) >= 11 is 0. The standard InChI is InChI=1S/C9H20N2O2/c1-11-4-3-8(10)9(7-11)13-6-5-12-2/h8-9H,3-7,10H2,1-2H3/t8-,9-/m0/s1. The van der Waals surface area contributed by atoms with Gasteiger partial charge in [0.05, 0.1) is 19.3 Å². The number of rotatable bonds is 4. The molecule has 0 unspecified atom stereocenters. The smallest absolute Gasteiger partial charge is 0.0854 e. The zero-order chi connectivity index (χ0) is 9.68. The molecule has 4 nitrogen and oxygen atoms in total. The van der Waals surface area contributed by atoms with Gasteiger partial charge in [-0.3, -0.25) is 0 Å². The highest BCUT2D eigenvalue weighted by Gasteiger charge is 2.24. The average Bonchev–Trinajstić information content (AvgIpc) is 2.11. The summed E-state index contributed by atoms with van der Waals surface area (Å²) in [5, 5.41) is 0. The Balaban J connectivity index is 2.21. The second-order valence-electron chi connectivity index (χ2n) is 3.62. The summed E-state index contributed by atoms with van der Waals surface area (Å²) in [7, 11) is 3.77. The van der Waals surface area contributed by atoms with Crippen molar-refractivity contribution in [1.82, 2.24) is 4.90 Å². The van der Waals surface area contributed by atoms with E-state index in [4.69, 9.17) is 15.2 Å². The van der Waals surface area contributed by atoms with Gasteiger partial charge in [0.2, 0.25) is 0 Å². The summed E-state index contributed by atoms with van der Waals surface area (Å²) in [6.07, 6.45) is 1.20. The van der Waals surface area contributed by atoms with E-state index in [9.17, 15) is 0 Å². The van der Waals surface area contributed by atoms with E-state index in [1.807, 2.05) is 0 Å². The first-order valence-electron chi connectivity index (χ1n) is 4.78. The van der Waals surface area contributed by atoms with Gasteiger partial charge in [-0.05, 0) is 20.0 Å². The molecule has 0 aromatic carbocycles. The monoisotopic (exact) mass is 188 g/mol. The lowest BCUT2D eigenvalue weighted by Crippen LogP contribution is -2.50. The van der Waals surface area contributed by atoms with Crippen LogP contribution in [0.25, 0.3) is 0 Å². The van der Waals surface area contributed by atoms with Crippen molar-refractivity contribution in [1.29, 1.82) is 0 Å². The van der Waals surface area contributed by atoms with E-state index in [0.29, 0.717) is 13.2 Å². The highest BCUT2D eigenvalue weighted by Crippen LogP contribution is 2.10. The van der Waals surface area contributed by atoms with Gasteiger partial charge < -0.3 is 20.1 Å². The predicted molar refractivity (Wildman–Crippen MR) is 51.7 cm³/mol. The highest BCUT2D eigenvalue weighted by molar-refractivity contribution is 4.82. The molecular formula is C9H20N2O2. The number of nitrogens with zero attached hydrogens (tertiary/aromatic N) is 1. The summed E-state index contributed by atoms with van der Waals surface area (Å²) in [6, 6.07) is 0.188. The van der Waals surface area contributed by atoms with Crippen molar-refractivity contribution in [2.24, 2.45) is 5.73 Å². The maximum absolute atomic E-state index is 5.93. The quantitative estimate of drug-likeness (QED) is 0.614. The molecule has 1 rings (SSSR count). The van der Waals surface area contributed by atoms with Crippen molar-refractivity contribution < 1.29 is 9.47 Å². The Bertz CT molecular complexity index is 144. The topological polar surface area (TPSA) is 47.7 Å². The molecule has 0 spiro atoms. The number of likely N-dealkylation sites (N-methyl/N-ethyl adjacent to an activating group) is 1. The van der Waals surface area contributed by atoms with Crippen LogP contribution in [0.5, 0.6) is 0 Å². The van der Waals surface area contributed by atoms with Gasteiger partial charge in [-0.25, -0.2) is 0 Å². The van der Waals surface area contributed by atoms with Crippen molar-refractivity contribution in [2.45, 2.75) is 18.6 Å². The van der Waals surface area contributed by atoms with Crippen LogP contribution in [0.2, 0.25) is 0 Å². The van der Waals surface area contributed by atoms with E-state index in [0.717, 1.165) is 19.5 Å². The molecule has 0 saturated carbocycles. The molecular weight excluding hydrogens is 168 g/mol. The molecule has 13 heavy (non-hydrogen) atoms. The first-order valence-corrected chi connectivity index (χ1v) is 4.78. The summed E-state index contributed by atoms with van der Waals surface area (Å²) in [5.41, 5.74) is 5.93. The molecule has 2 N–H and O–H groups in total. The molecule has 0 amide bonds. The van der Waals surface area contributed by atoms with Crippen LogP contribution in [0.1, 0.15) is 6.42 Å². The van der Waals surface area contributed by atoms with Crippen LogP contribution in [0.15, 0.2) is 0 Å². The van der Waals surface area contributed by atoms with E-state index in [1.165, 1.54) is 0 Å². The maximum atomic E-state index is 5.93. The molecule has 1 aliphatic rings. The molecule has 0 bridgehead atoms. The van der Waals surface area contributed by atoms with Crippen LogP contribution in [0.4, 0.5) is 0 Å². The van der Waals surface area contributed by atoms with E-state index >= 15 is 0 Å². The van der Waals surface area contributed by atoms with E-state index < -0.39 is 0 Å². The molecule has 2 atom stereocenters. The minimum Gasteiger partial charge on any atom is -0.382 e. The van der Waals surface area contributed by atoms with E-state index in [1.54, 1.807) is 7.11 Å². The lowest BCUT2D eigenvalue weighted by atomic mass is 10.0. The Morgan fingerprint density at radius 2 is 2.23 bits per heavy atom. The molecule has 1 aliphatic heterocycles. The van der Waals surface area contributed by atoms with Crippen molar-refractivity contribution in [3.63, 3.8) is 0 Å². The van der Waals surface area contributed by atoms with Crippen molar-refractivity contribution >= 4 is 0 Å². The Morgan fingerprint density at radius 3 is 2.92 bits per heavy atom. The predicted octanol–water partition coefficient (Wildman–Crippen LogP) is -0.319. The van der Waals surface area contributed by atoms with E-state index in [2.05, 4.69) is 11.9 Å². The fourth-order valence-electron chi connectivity index (χ4n) is 1.55. The van der Waals surface area contributed by atoms with Crippen molar-refractivity contribution in [2.75, 3.05) is 40.5 Å². The van der Waals surface area contributed by atoms with Gasteiger partial charge in [0.25, 0.3) is 0 Å². The van der Waals surface area contributed by atoms with E-state index in [-0.39, 0.29) is 12.1 Å². The first kappa shape index (κ1) is 10.9. The number of hydrogen-bond acceptors (Lipinski definition) is 4. The van der Waals surface area contributed by atoms with Crippen LogP contribution >= 0.6 is 0 Å². The minimum absolute atomic E-state index is 0.175. The molecule has 78 valence electrons. The number of piperidine rings is 1. The largest absolute Gasteiger partial charge is 0.382 e. The Hall–Kier alpha value is -0.160. The average molecular weight is 188 g/mol. The number of methoxy groups -OCH3 is 1. The summed E-state index contributed by atoms with van der Waals surface area (Å²) in [6.45, 7) is 3.30. The molecule has 1 saturated heterocycles.